The van der Waals surface area contributed by atoms with Gasteiger partial charge in [-0.2, -0.15) is 0 Å². The standard InChI is InChI=1S/C10H21NO3S/c1-11-10(5-8-15(2,12)13)9-3-6-14-7-4-9/h9-11H,3-8H2,1-2H3. The molecule has 1 N–H and O–H groups in total. The van der Waals surface area contributed by atoms with Crippen molar-refractivity contribution in [3.63, 3.8) is 0 Å². The third kappa shape index (κ3) is 4.95. The lowest BCUT2D eigenvalue weighted by atomic mass is 9.90. The Hall–Kier alpha value is -0.130. The van der Waals surface area contributed by atoms with E-state index in [2.05, 4.69) is 5.32 Å². The van der Waals surface area contributed by atoms with Crippen molar-refractivity contribution < 1.29 is 13.2 Å². The number of ether oxygens (including phenoxy) is 1. The smallest absolute Gasteiger partial charge is 0.147 e. The summed E-state index contributed by atoms with van der Waals surface area (Å²) in [5.41, 5.74) is 0. The lowest BCUT2D eigenvalue weighted by Crippen LogP contribution is -2.38. The molecule has 1 rings (SSSR count). The number of nitrogens with one attached hydrogen (secondary N) is 1. The zero-order chi connectivity index (χ0) is 11.3. The van der Waals surface area contributed by atoms with Crippen LogP contribution in [0.15, 0.2) is 0 Å². The molecule has 0 bridgehead atoms. The van der Waals surface area contributed by atoms with Gasteiger partial charge in [0.05, 0.1) is 5.75 Å². The summed E-state index contributed by atoms with van der Waals surface area (Å²) in [5, 5.41) is 3.22. The highest BCUT2D eigenvalue weighted by Gasteiger charge is 2.23. The molecule has 1 aliphatic rings. The molecule has 4 nitrogen and oxygen atoms in total. The maximum atomic E-state index is 11.1. The van der Waals surface area contributed by atoms with Gasteiger partial charge in [-0.1, -0.05) is 0 Å². The van der Waals surface area contributed by atoms with Crippen LogP contribution in [0, 0.1) is 5.92 Å². The lowest BCUT2D eigenvalue weighted by Gasteiger charge is -2.29. The summed E-state index contributed by atoms with van der Waals surface area (Å²) in [6, 6.07) is 0.309. The van der Waals surface area contributed by atoms with Crippen molar-refractivity contribution in [2.45, 2.75) is 25.3 Å². The predicted molar refractivity (Wildman–Crippen MR) is 60.7 cm³/mol. The Bertz CT molecular complexity index is 270. The minimum absolute atomic E-state index is 0.274. The second-order valence-corrected chi connectivity index (χ2v) is 6.52. The molecule has 0 radical (unpaired) electrons. The normalized spacial score (nSPS) is 21.5. The first-order chi connectivity index (χ1) is 7.03. The highest BCUT2D eigenvalue weighted by Crippen LogP contribution is 2.20. The van der Waals surface area contributed by atoms with Crippen LogP contribution >= 0.6 is 0 Å². The predicted octanol–water partition coefficient (Wildman–Crippen LogP) is 0.436. The Labute approximate surface area is 92.3 Å². The van der Waals surface area contributed by atoms with E-state index >= 15 is 0 Å². The van der Waals surface area contributed by atoms with E-state index in [0.29, 0.717) is 18.4 Å². The highest BCUT2D eigenvalue weighted by molar-refractivity contribution is 7.90. The molecule has 1 unspecified atom stereocenters. The molecule has 1 heterocycles. The molecule has 0 aromatic rings. The third-order valence-electron chi connectivity index (χ3n) is 3.01. The van der Waals surface area contributed by atoms with Gasteiger partial charge in [0.15, 0.2) is 0 Å². The van der Waals surface area contributed by atoms with Gasteiger partial charge in [-0.05, 0) is 32.2 Å². The van der Waals surface area contributed by atoms with E-state index in [4.69, 9.17) is 4.74 Å². The summed E-state index contributed by atoms with van der Waals surface area (Å²) >= 11 is 0. The molecule has 0 aliphatic carbocycles. The van der Waals surface area contributed by atoms with Crippen LogP contribution in [-0.2, 0) is 14.6 Å². The minimum atomic E-state index is -2.84. The minimum Gasteiger partial charge on any atom is -0.381 e. The Morgan fingerprint density at radius 3 is 2.47 bits per heavy atom. The summed E-state index contributed by atoms with van der Waals surface area (Å²) in [7, 11) is -0.934. The maximum absolute atomic E-state index is 11.1. The first-order valence-electron chi connectivity index (χ1n) is 5.45. The highest BCUT2D eigenvalue weighted by atomic mass is 32.2. The number of hydrogen-bond acceptors (Lipinski definition) is 4. The molecule has 15 heavy (non-hydrogen) atoms. The average molecular weight is 235 g/mol. The van der Waals surface area contributed by atoms with Crippen molar-refractivity contribution in [1.29, 1.82) is 0 Å². The quantitative estimate of drug-likeness (QED) is 0.751. The SMILES string of the molecule is CNC(CCS(C)(=O)=O)C1CCOCC1. The van der Waals surface area contributed by atoms with E-state index in [1.807, 2.05) is 7.05 Å². The van der Waals surface area contributed by atoms with Crippen LogP contribution < -0.4 is 5.32 Å². The van der Waals surface area contributed by atoms with Crippen LogP contribution in [0.3, 0.4) is 0 Å². The zero-order valence-electron chi connectivity index (χ0n) is 9.53. The van der Waals surface area contributed by atoms with Crippen LogP contribution in [0.5, 0.6) is 0 Å². The number of hydrogen-bond donors (Lipinski definition) is 1. The second kappa shape index (κ2) is 5.82. The number of rotatable bonds is 5. The second-order valence-electron chi connectivity index (χ2n) is 4.26. The first kappa shape index (κ1) is 12.9. The van der Waals surface area contributed by atoms with E-state index in [-0.39, 0.29) is 5.75 Å². The van der Waals surface area contributed by atoms with E-state index in [1.54, 1.807) is 0 Å². The molecule has 5 heteroatoms. The Morgan fingerprint density at radius 1 is 1.40 bits per heavy atom. The van der Waals surface area contributed by atoms with Gasteiger partial charge in [0, 0.05) is 25.5 Å². The lowest BCUT2D eigenvalue weighted by molar-refractivity contribution is 0.0544. The molecule has 0 amide bonds. The van der Waals surface area contributed by atoms with Gasteiger partial charge in [-0.25, -0.2) is 8.42 Å². The topological polar surface area (TPSA) is 55.4 Å². The van der Waals surface area contributed by atoms with Gasteiger partial charge in [-0.3, -0.25) is 0 Å². The molecule has 1 saturated heterocycles. The van der Waals surface area contributed by atoms with E-state index < -0.39 is 9.84 Å². The van der Waals surface area contributed by atoms with Gasteiger partial charge >= 0.3 is 0 Å². The van der Waals surface area contributed by atoms with Crippen LogP contribution in [-0.4, -0.2) is 46.7 Å². The fourth-order valence-corrected chi connectivity index (χ4v) is 2.76. The van der Waals surface area contributed by atoms with Gasteiger partial charge in [0.1, 0.15) is 9.84 Å². The molecule has 90 valence electrons. The van der Waals surface area contributed by atoms with Crippen LogP contribution in [0.1, 0.15) is 19.3 Å². The maximum Gasteiger partial charge on any atom is 0.147 e. The van der Waals surface area contributed by atoms with Gasteiger partial charge < -0.3 is 10.1 Å². The van der Waals surface area contributed by atoms with Gasteiger partial charge in [-0.15, -0.1) is 0 Å². The Balaban J connectivity index is 2.40. The van der Waals surface area contributed by atoms with Crippen LogP contribution in [0.4, 0.5) is 0 Å². The summed E-state index contributed by atoms with van der Waals surface area (Å²) < 4.78 is 27.5. The molecular weight excluding hydrogens is 214 g/mol. The molecule has 0 aromatic heterocycles. The van der Waals surface area contributed by atoms with Crippen molar-refractivity contribution in [2.75, 3.05) is 32.3 Å². The van der Waals surface area contributed by atoms with Crippen molar-refractivity contribution in [1.82, 2.24) is 5.32 Å². The third-order valence-corrected chi connectivity index (χ3v) is 3.98. The van der Waals surface area contributed by atoms with Crippen molar-refractivity contribution in [3.8, 4) is 0 Å². The van der Waals surface area contributed by atoms with Crippen molar-refractivity contribution in [2.24, 2.45) is 5.92 Å². The zero-order valence-corrected chi connectivity index (χ0v) is 10.3. The Kier molecular flexibility index (Phi) is 5.02. The van der Waals surface area contributed by atoms with E-state index in [1.165, 1.54) is 6.26 Å². The van der Waals surface area contributed by atoms with Gasteiger partial charge in [0.2, 0.25) is 0 Å². The van der Waals surface area contributed by atoms with E-state index in [9.17, 15) is 8.42 Å². The molecule has 0 aromatic carbocycles. The molecule has 1 atom stereocenters. The molecule has 0 saturated carbocycles. The number of sulfone groups is 1. The summed E-state index contributed by atoms with van der Waals surface area (Å²) in [5.74, 6) is 0.834. The molecular formula is C10H21NO3S. The van der Waals surface area contributed by atoms with Crippen molar-refractivity contribution >= 4 is 9.84 Å². The van der Waals surface area contributed by atoms with Crippen molar-refractivity contribution in [3.05, 3.63) is 0 Å². The summed E-state index contributed by atoms with van der Waals surface area (Å²) in [6.45, 7) is 1.61. The largest absolute Gasteiger partial charge is 0.381 e. The van der Waals surface area contributed by atoms with E-state index in [0.717, 1.165) is 26.1 Å². The molecule has 1 aliphatic heterocycles. The Morgan fingerprint density at radius 2 is 2.00 bits per heavy atom. The average Bonchev–Trinajstić information content (AvgIpc) is 2.19. The fraction of sp³-hybridized carbons (Fsp3) is 1.00. The van der Waals surface area contributed by atoms with Crippen LogP contribution in [0.2, 0.25) is 0 Å². The first-order valence-corrected chi connectivity index (χ1v) is 7.51. The summed E-state index contributed by atoms with van der Waals surface area (Å²) in [6.07, 6.45) is 4.08. The molecule has 1 fully saturated rings. The van der Waals surface area contributed by atoms with Gasteiger partial charge in [0.25, 0.3) is 0 Å². The fourth-order valence-electron chi connectivity index (χ4n) is 2.07. The monoisotopic (exact) mass is 235 g/mol. The summed E-state index contributed by atoms with van der Waals surface area (Å²) in [4.78, 5) is 0. The molecule has 0 spiro atoms. The van der Waals surface area contributed by atoms with Crippen LogP contribution in [0.25, 0.3) is 0 Å².